The minimum Gasteiger partial charge on any atom is -0.396 e. The number of nitrogens with one attached hydrogen (secondary N) is 1. The van der Waals surface area contributed by atoms with Crippen molar-refractivity contribution in [1.82, 2.24) is 5.32 Å². The van der Waals surface area contributed by atoms with Gasteiger partial charge < -0.3 is 10.4 Å². The quantitative estimate of drug-likeness (QED) is 0.819. The van der Waals surface area contributed by atoms with Crippen LogP contribution in [-0.2, 0) is 0 Å². The molecule has 2 nitrogen and oxygen atoms in total. The zero-order chi connectivity index (χ0) is 13.2. The molecular weight excluding hydrogens is 236 g/mol. The summed E-state index contributed by atoms with van der Waals surface area (Å²) < 4.78 is 26.8. The van der Waals surface area contributed by atoms with E-state index in [0.717, 1.165) is 25.0 Å². The van der Waals surface area contributed by atoms with Gasteiger partial charge in [-0.25, -0.2) is 8.78 Å². The van der Waals surface area contributed by atoms with Crippen molar-refractivity contribution in [2.24, 2.45) is 5.41 Å². The summed E-state index contributed by atoms with van der Waals surface area (Å²) in [5, 5.41) is 12.5. The van der Waals surface area contributed by atoms with Crippen LogP contribution in [0.5, 0.6) is 0 Å². The molecule has 1 aromatic rings. The number of halogens is 2. The third-order valence-electron chi connectivity index (χ3n) is 3.76. The van der Waals surface area contributed by atoms with Gasteiger partial charge in [-0.1, -0.05) is 6.92 Å². The van der Waals surface area contributed by atoms with Gasteiger partial charge in [0.15, 0.2) is 0 Å². The molecule has 18 heavy (non-hydrogen) atoms. The van der Waals surface area contributed by atoms with E-state index in [-0.39, 0.29) is 23.9 Å². The summed E-state index contributed by atoms with van der Waals surface area (Å²) in [5.41, 5.74) is 0.336. The van der Waals surface area contributed by atoms with Crippen LogP contribution in [0.15, 0.2) is 18.2 Å². The molecular formula is C14H19F2NO. The van der Waals surface area contributed by atoms with Gasteiger partial charge in [-0.3, -0.25) is 0 Å². The Morgan fingerprint density at radius 2 is 2.11 bits per heavy atom. The van der Waals surface area contributed by atoms with Crippen molar-refractivity contribution in [2.75, 3.05) is 13.2 Å². The van der Waals surface area contributed by atoms with Gasteiger partial charge in [0, 0.05) is 30.2 Å². The Kier molecular flexibility index (Phi) is 3.97. The Morgan fingerprint density at radius 1 is 1.39 bits per heavy atom. The maximum Gasteiger partial charge on any atom is 0.128 e. The number of hydrogen-bond donors (Lipinski definition) is 2. The summed E-state index contributed by atoms with van der Waals surface area (Å²) in [6.07, 6.45) is 2.68. The molecule has 100 valence electrons. The van der Waals surface area contributed by atoms with Gasteiger partial charge in [0.05, 0.1) is 0 Å². The van der Waals surface area contributed by atoms with E-state index < -0.39 is 5.82 Å². The molecule has 0 aromatic heterocycles. The Hall–Kier alpha value is -1.00. The molecule has 1 unspecified atom stereocenters. The van der Waals surface area contributed by atoms with Crippen molar-refractivity contribution < 1.29 is 13.9 Å². The fourth-order valence-corrected chi connectivity index (χ4v) is 2.16. The standard InChI is InChI=1S/C14H19F2NO/c1-2-13(17-8-14(9-18)5-6-14)11-7-10(15)3-4-12(11)16/h3-4,7,13,17-18H,2,5-6,8-9H2,1H3. The summed E-state index contributed by atoms with van der Waals surface area (Å²) in [5.74, 6) is -0.806. The second kappa shape index (κ2) is 5.33. The first-order chi connectivity index (χ1) is 8.60. The van der Waals surface area contributed by atoms with Gasteiger partial charge in [-0.05, 0) is 37.5 Å². The Bertz CT molecular complexity index is 418. The molecule has 1 aliphatic carbocycles. The monoisotopic (exact) mass is 255 g/mol. The third-order valence-corrected chi connectivity index (χ3v) is 3.76. The van der Waals surface area contributed by atoms with Crippen LogP contribution < -0.4 is 5.32 Å². The molecule has 1 aliphatic rings. The summed E-state index contributed by atoms with van der Waals surface area (Å²) in [6, 6.07) is 3.33. The van der Waals surface area contributed by atoms with E-state index in [4.69, 9.17) is 0 Å². The molecule has 1 fully saturated rings. The normalized spacial score (nSPS) is 18.7. The maximum atomic E-state index is 13.7. The molecule has 2 N–H and O–H groups in total. The highest BCUT2D eigenvalue weighted by molar-refractivity contribution is 5.22. The van der Waals surface area contributed by atoms with Gasteiger partial charge in [0.2, 0.25) is 0 Å². The van der Waals surface area contributed by atoms with E-state index in [1.807, 2.05) is 6.92 Å². The van der Waals surface area contributed by atoms with Crippen molar-refractivity contribution in [3.05, 3.63) is 35.4 Å². The molecule has 0 radical (unpaired) electrons. The summed E-state index contributed by atoms with van der Waals surface area (Å²) in [6.45, 7) is 2.74. The topological polar surface area (TPSA) is 32.3 Å². The highest BCUT2D eigenvalue weighted by atomic mass is 19.1. The van der Waals surface area contributed by atoms with Crippen LogP contribution >= 0.6 is 0 Å². The van der Waals surface area contributed by atoms with Crippen molar-refractivity contribution in [3.8, 4) is 0 Å². The summed E-state index contributed by atoms with van der Waals surface area (Å²) >= 11 is 0. The predicted octanol–water partition coefficient (Wildman–Crippen LogP) is 2.78. The SMILES string of the molecule is CCC(NCC1(CO)CC1)c1cc(F)ccc1F. The smallest absolute Gasteiger partial charge is 0.128 e. The van der Waals surface area contributed by atoms with Crippen LogP contribution in [0.1, 0.15) is 37.8 Å². The Labute approximate surface area is 106 Å². The van der Waals surface area contributed by atoms with Crippen molar-refractivity contribution in [1.29, 1.82) is 0 Å². The molecule has 0 amide bonds. The van der Waals surface area contributed by atoms with E-state index in [1.54, 1.807) is 0 Å². The number of hydrogen-bond acceptors (Lipinski definition) is 2. The van der Waals surface area contributed by atoms with Crippen LogP contribution in [0.2, 0.25) is 0 Å². The Balaban J connectivity index is 2.05. The highest BCUT2D eigenvalue weighted by Gasteiger charge is 2.41. The minimum atomic E-state index is -0.421. The average molecular weight is 255 g/mol. The van der Waals surface area contributed by atoms with Crippen molar-refractivity contribution >= 4 is 0 Å². The molecule has 0 spiro atoms. The van der Waals surface area contributed by atoms with E-state index in [2.05, 4.69) is 5.32 Å². The lowest BCUT2D eigenvalue weighted by molar-refractivity contribution is 0.203. The third kappa shape index (κ3) is 2.87. The molecule has 0 heterocycles. The van der Waals surface area contributed by atoms with Gasteiger partial charge in [0.1, 0.15) is 11.6 Å². The van der Waals surface area contributed by atoms with Crippen molar-refractivity contribution in [3.63, 3.8) is 0 Å². The van der Waals surface area contributed by atoms with Gasteiger partial charge in [-0.2, -0.15) is 0 Å². The first-order valence-corrected chi connectivity index (χ1v) is 6.39. The highest BCUT2D eigenvalue weighted by Crippen LogP contribution is 2.44. The fourth-order valence-electron chi connectivity index (χ4n) is 2.16. The van der Waals surface area contributed by atoms with Crippen LogP contribution in [0.25, 0.3) is 0 Å². The molecule has 2 rings (SSSR count). The van der Waals surface area contributed by atoms with E-state index in [9.17, 15) is 13.9 Å². The summed E-state index contributed by atoms with van der Waals surface area (Å²) in [4.78, 5) is 0. The van der Waals surface area contributed by atoms with E-state index >= 15 is 0 Å². The zero-order valence-electron chi connectivity index (χ0n) is 10.5. The number of aliphatic hydroxyl groups excluding tert-OH is 1. The molecule has 1 aromatic carbocycles. The number of rotatable bonds is 6. The fraction of sp³-hybridized carbons (Fsp3) is 0.571. The number of aliphatic hydroxyl groups is 1. The molecule has 4 heteroatoms. The first kappa shape index (κ1) is 13.4. The van der Waals surface area contributed by atoms with Gasteiger partial charge in [0.25, 0.3) is 0 Å². The lowest BCUT2D eigenvalue weighted by Crippen LogP contribution is -2.30. The van der Waals surface area contributed by atoms with Crippen molar-refractivity contribution in [2.45, 2.75) is 32.2 Å². The Morgan fingerprint density at radius 3 is 2.67 bits per heavy atom. The average Bonchev–Trinajstić information content (AvgIpc) is 3.15. The van der Waals surface area contributed by atoms with Gasteiger partial charge >= 0.3 is 0 Å². The second-order valence-electron chi connectivity index (χ2n) is 5.17. The predicted molar refractivity (Wildman–Crippen MR) is 66.1 cm³/mol. The number of benzene rings is 1. The van der Waals surface area contributed by atoms with Crippen LogP contribution in [0, 0.1) is 17.0 Å². The molecule has 0 bridgehead atoms. The van der Waals surface area contributed by atoms with E-state index in [1.165, 1.54) is 6.07 Å². The lowest BCUT2D eigenvalue weighted by atomic mass is 10.0. The molecule has 0 saturated heterocycles. The maximum absolute atomic E-state index is 13.7. The van der Waals surface area contributed by atoms with Crippen LogP contribution in [-0.4, -0.2) is 18.3 Å². The summed E-state index contributed by atoms with van der Waals surface area (Å²) in [7, 11) is 0. The largest absolute Gasteiger partial charge is 0.396 e. The van der Waals surface area contributed by atoms with E-state index in [0.29, 0.717) is 18.5 Å². The molecule has 0 aliphatic heterocycles. The molecule has 1 saturated carbocycles. The lowest BCUT2D eigenvalue weighted by Gasteiger charge is -2.21. The molecule has 1 atom stereocenters. The zero-order valence-corrected chi connectivity index (χ0v) is 10.5. The first-order valence-electron chi connectivity index (χ1n) is 6.39. The van der Waals surface area contributed by atoms with Crippen LogP contribution in [0.3, 0.4) is 0 Å². The minimum absolute atomic E-state index is 0.0305. The second-order valence-corrected chi connectivity index (χ2v) is 5.17. The van der Waals surface area contributed by atoms with Gasteiger partial charge in [-0.15, -0.1) is 0 Å². The van der Waals surface area contributed by atoms with Crippen LogP contribution in [0.4, 0.5) is 8.78 Å².